The van der Waals surface area contributed by atoms with Crippen LogP contribution in [0, 0.1) is 11.3 Å². The zero-order chi connectivity index (χ0) is 18.8. The fraction of sp³-hybridized carbons (Fsp3) is 0.400. The average molecular weight is 363 g/mol. The van der Waals surface area contributed by atoms with E-state index in [0.29, 0.717) is 24.2 Å². The Labute approximate surface area is 157 Å². The van der Waals surface area contributed by atoms with Crippen molar-refractivity contribution in [1.82, 2.24) is 14.7 Å². The molecule has 0 bridgehead atoms. The first-order chi connectivity index (χ1) is 13.2. The molecule has 4 rings (SSSR count). The normalized spacial score (nSPS) is 19.3. The van der Waals surface area contributed by atoms with Gasteiger partial charge in [0, 0.05) is 32.2 Å². The van der Waals surface area contributed by atoms with Gasteiger partial charge in [-0.1, -0.05) is 12.1 Å². The topological polar surface area (TPSA) is 82.2 Å². The highest BCUT2D eigenvalue weighted by Crippen LogP contribution is 2.23. The van der Waals surface area contributed by atoms with E-state index in [2.05, 4.69) is 16.1 Å². The van der Waals surface area contributed by atoms with E-state index in [1.165, 1.54) is 4.68 Å². The van der Waals surface area contributed by atoms with Crippen LogP contribution in [0.3, 0.4) is 0 Å². The summed E-state index contributed by atoms with van der Waals surface area (Å²) in [6, 6.07) is 10.4. The fourth-order valence-electron chi connectivity index (χ4n) is 3.71. The predicted octanol–water partition coefficient (Wildman–Crippen LogP) is 1.80. The second kappa shape index (κ2) is 7.23. The molecule has 1 amide bonds. The van der Waals surface area contributed by atoms with Gasteiger partial charge in [0.05, 0.1) is 35.1 Å². The third-order valence-electron chi connectivity index (χ3n) is 5.34. The van der Waals surface area contributed by atoms with Crippen molar-refractivity contribution in [3.63, 3.8) is 0 Å². The molecular formula is C20H21N5O2. The summed E-state index contributed by atoms with van der Waals surface area (Å²) < 4.78 is 1.50. The molecule has 0 N–H and O–H groups in total. The Hall–Kier alpha value is -3.14. The molecule has 1 unspecified atom stereocenters. The van der Waals surface area contributed by atoms with Crippen molar-refractivity contribution in [3.8, 4) is 6.07 Å². The minimum atomic E-state index is -0.165. The maximum absolute atomic E-state index is 12.9. The third kappa shape index (κ3) is 3.31. The van der Waals surface area contributed by atoms with Gasteiger partial charge in [-0.2, -0.15) is 10.4 Å². The van der Waals surface area contributed by atoms with Gasteiger partial charge in [-0.25, -0.2) is 4.68 Å². The quantitative estimate of drug-likeness (QED) is 0.830. The Bertz CT molecular complexity index is 957. The van der Waals surface area contributed by atoms with Gasteiger partial charge in [0.25, 0.3) is 11.5 Å². The number of aromatic nitrogens is 2. The summed E-state index contributed by atoms with van der Waals surface area (Å²) in [6.07, 6.45) is 4.49. The number of nitriles is 1. The maximum atomic E-state index is 12.9. The van der Waals surface area contributed by atoms with E-state index in [0.717, 1.165) is 38.0 Å². The van der Waals surface area contributed by atoms with E-state index in [4.69, 9.17) is 0 Å². The van der Waals surface area contributed by atoms with Gasteiger partial charge in [0.15, 0.2) is 0 Å². The summed E-state index contributed by atoms with van der Waals surface area (Å²) in [5.74, 6) is -0.165. The van der Waals surface area contributed by atoms with Crippen molar-refractivity contribution in [2.75, 3.05) is 31.1 Å². The average Bonchev–Trinajstić information content (AvgIpc) is 2.66. The van der Waals surface area contributed by atoms with E-state index in [9.17, 15) is 14.9 Å². The summed E-state index contributed by atoms with van der Waals surface area (Å²) in [4.78, 5) is 29.3. The number of piperidine rings is 1. The minimum Gasteiger partial charge on any atom is -0.370 e. The van der Waals surface area contributed by atoms with Gasteiger partial charge in [-0.15, -0.1) is 0 Å². The van der Waals surface area contributed by atoms with E-state index >= 15 is 0 Å². The number of likely N-dealkylation sites (tertiary alicyclic amines) is 1. The number of amides is 1. The van der Waals surface area contributed by atoms with Crippen LogP contribution >= 0.6 is 0 Å². The molecule has 2 aliphatic heterocycles. The molecule has 7 nitrogen and oxygen atoms in total. The molecule has 1 atom stereocenters. The van der Waals surface area contributed by atoms with Gasteiger partial charge in [0.1, 0.15) is 0 Å². The Balaban J connectivity index is 1.54. The first kappa shape index (κ1) is 17.3. The number of hydrogen-bond donors (Lipinski definition) is 0. The number of benzene rings is 1. The second-order valence-electron chi connectivity index (χ2n) is 7.04. The van der Waals surface area contributed by atoms with Crippen LogP contribution in [-0.2, 0) is 0 Å². The van der Waals surface area contributed by atoms with Crippen molar-refractivity contribution in [1.29, 1.82) is 5.26 Å². The van der Waals surface area contributed by atoms with Crippen LogP contribution < -0.4 is 10.5 Å². The van der Waals surface area contributed by atoms with Crippen molar-refractivity contribution in [2.24, 2.45) is 0 Å². The third-order valence-corrected chi connectivity index (χ3v) is 5.34. The van der Waals surface area contributed by atoms with Crippen LogP contribution in [0.5, 0.6) is 0 Å². The Morgan fingerprint density at radius 2 is 2.00 bits per heavy atom. The summed E-state index contributed by atoms with van der Waals surface area (Å²) in [5, 5.41) is 13.6. The molecule has 138 valence electrons. The standard InChI is InChI=1S/C20H21N5O2/c21-12-15-5-1-2-7-18(15)20(27)24-8-3-6-16(14-24)25-19(26)11-17(13-22-25)23-9-4-10-23/h1-2,5,7,11,13,16H,3-4,6,8-10,14H2. The number of hydrogen-bond acceptors (Lipinski definition) is 5. The van der Waals surface area contributed by atoms with Crippen LogP contribution in [0.2, 0.25) is 0 Å². The smallest absolute Gasteiger partial charge is 0.269 e. The molecule has 2 fully saturated rings. The van der Waals surface area contributed by atoms with Gasteiger partial charge < -0.3 is 9.80 Å². The molecule has 3 heterocycles. The van der Waals surface area contributed by atoms with Crippen molar-refractivity contribution in [3.05, 3.63) is 58.0 Å². The highest BCUT2D eigenvalue weighted by Gasteiger charge is 2.28. The van der Waals surface area contributed by atoms with Gasteiger partial charge in [0.2, 0.25) is 0 Å². The summed E-state index contributed by atoms with van der Waals surface area (Å²) in [7, 11) is 0. The number of carbonyl (C=O) groups excluding carboxylic acids is 1. The second-order valence-corrected chi connectivity index (χ2v) is 7.04. The Morgan fingerprint density at radius 1 is 1.19 bits per heavy atom. The van der Waals surface area contributed by atoms with Gasteiger partial charge in [-0.05, 0) is 31.4 Å². The van der Waals surface area contributed by atoms with Crippen LogP contribution in [0.4, 0.5) is 5.69 Å². The number of nitrogens with zero attached hydrogens (tertiary/aromatic N) is 5. The molecule has 0 saturated carbocycles. The molecule has 1 aromatic heterocycles. The SMILES string of the molecule is N#Cc1ccccc1C(=O)N1CCCC(n2ncc(N3CCC3)cc2=O)C1. The zero-order valence-electron chi connectivity index (χ0n) is 15.0. The van der Waals surface area contributed by atoms with Gasteiger partial charge >= 0.3 is 0 Å². The maximum Gasteiger partial charge on any atom is 0.269 e. The molecule has 0 spiro atoms. The van der Waals surface area contributed by atoms with Crippen molar-refractivity contribution >= 4 is 11.6 Å². The minimum absolute atomic E-state index is 0.129. The largest absolute Gasteiger partial charge is 0.370 e. The molecule has 0 radical (unpaired) electrons. The summed E-state index contributed by atoms with van der Waals surface area (Å²) in [5.41, 5.74) is 1.53. The molecule has 7 heteroatoms. The molecule has 2 saturated heterocycles. The first-order valence-corrected chi connectivity index (χ1v) is 9.29. The van der Waals surface area contributed by atoms with E-state index in [1.54, 1.807) is 41.4 Å². The summed E-state index contributed by atoms with van der Waals surface area (Å²) in [6.45, 7) is 2.98. The van der Waals surface area contributed by atoms with Crippen LogP contribution in [0.25, 0.3) is 0 Å². The fourth-order valence-corrected chi connectivity index (χ4v) is 3.71. The lowest BCUT2D eigenvalue weighted by atomic mass is 10.0. The molecule has 0 aliphatic carbocycles. The molecule has 1 aromatic carbocycles. The highest BCUT2D eigenvalue weighted by atomic mass is 16.2. The molecule has 2 aliphatic rings. The lowest BCUT2D eigenvalue weighted by molar-refractivity contribution is 0.0669. The van der Waals surface area contributed by atoms with Crippen LogP contribution in [0.1, 0.15) is 41.2 Å². The first-order valence-electron chi connectivity index (χ1n) is 9.29. The summed E-state index contributed by atoms with van der Waals surface area (Å²) >= 11 is 0. The van der Waals surface area contributed by atoms with Crippen LogP contribution in [0.15, 0.2) is 41.3 Å². The lowest BCUT2D eigenvalue weighted by Crippen LogP contribution is -2.44. The van der Waals surface area contributed by atoms with Gasteiger partial charge in [-0.3, -0.25) is 9.59 Å². The van der Waals surface area contributed by atoms with Crippen molar-refractivity contribution < 1.29 is 4.79 Å². The monoisotopic (exact) mass is 363 g/mol. The van der Waals surface area contributed by atoms with E-state index < -0.39 is 0 Å². The molecule has 27 heavy (non-hydrogen) atoms. The number of rotatable bonds is 3. The Morgan fingerprint density at radius 3 is 2.70 bits per heavy atom. The van der Waals surface area contributed by atoms with Crippen LogP contribution in [-0.4, -0.2) is 46.8 Å². The van der Waals surface area contributed by atoms with Crippen molar-refractivity contribution in [2.45, 2.75) is 25.3 Å². The predicted molar refractivity (Wildman–Crippen MR) is 101 cm³/mol. The highest BCUT2D eigenvalue weighted by molar-refractivity contribution is 5.96. The van der Waals surface area contributed by atoms with E-state index in [1.807, 2.05) is 0 Å². The number of carbonyl (C=O) groups is 1. The Kier molecular flexibility index (Phi) is 4.63. The zero-order valence-corrected chi connectivity index (χ0v) is 15.0. The molecule has 2 aromatic rings. The molecular weight excluding hydrogens is 342 g/mol. The number of anilines is 1. The van der Waals surface area contributed by atoms with E-state index in [-0.39, 0.29) is 17.5 Å². The lowest BCUT2D eigenvalue weighted by Gasteiger charge is -2.34.